The zero-order valence-electron chi connectivity index (χ0n) is 18.4. The van der Waals surface area contributed by atoms with Crippen molar-refractivity contribution in [3.8, 4) is 22.3 Å². The summed E-state index contributed by atoms with van der Waals surface area (Å²) in [4.78, 5) is 4.17. The Hall–Kier alpha value is -4.05. The third-order valence-electron chi connectivity index (χ3n) is 5.56. The third-order valence-corrected chi connectivity index (χ3v) is 7.27. The molecule has 4 aromatic heterocycles. The molecule has 0 fully saturated rings. The Bertz CT molecular complexity index is 1640. The first-order valence-electron chi connectivity index (χ1n) is 10.4. The maximum Gasteiger partial charge on any atom is 0.271 e. The number of benzene rings is 1. The standard InChI is InChI=1S/C24H20FN5O3S/c1-4-9-29-13-18(12-27-29)19-14-30(34(31,32)22-8-6-5-7-20(22)25)21-10-17(11-26-24(19)21)23-15(2)28-33-16(23)3/h4-8,10-14H,1,9H2,2-3H3. The molecule has 0 N–H and O–H groups in total. The lowest BCUT2D eigenvalue weighted by atomic mass is 10.1. The minimum atomic E-state index is -4.27. The molecule has 10 heteroatoms. The highest BCUT2D eigenvalue weighted by atomic mass is 32.2. The highest BCUT2D eigenvalue weighted by Gasteiger charge is 2.26. The van der Waals surface area contributed by atoms with Gasteiger partial charge in [-0.3, -0.25) is 9.67 Å². The fourth-order valence-electron chi connectivity index (χ4n) is 4.01. The Morgan fingerprint density at radius 2 is 1.94 bits per heavy atom. The van der Waals surface area contributed by atoms with E-state index >= 15 is 0 Å². The van der Waals surface area contributed by atoms with Gasteiger partial charge in [-0.2, -0.15) is 5.10 Å². The van der Waals surface area contributed by atoms with Gasteiger partial charge in [-0.15, -0.1) is 6.58 Å². The van der Waals surface area contributed by atoms with Crippen molar-refractivity contribution in [1.29, 1.82) is 0 Å². The van der Waals surface area contributed by atoms with Crippen LogP contribution in [-0.2, 0) is 16.6 Å². The van der Waals surface area contributed by atoms with Crippen LogP contribution in [0.2, 0.25) is 0 Å². The van der Waals surface area contributed by atoms with Crippen LogP contribution in [0.4, 0.5) is 4.39 Å². The molecule has 4 heterocycles. The second-order valence-corrected chi connectivity index (χ2v) is 9.59. The fraction of sp³-hybridized carbons (Fsp3) is 0.125. The number of aryl methyl sites for hydroxylation is 2. The van der Waals surface area contributed by atoms with Crippen LogP contribution in [0, 0.1) is 19.7 Å². The summed E-state index contributed by atoms with van der Waals surface area (Å²) in [5.74, 6) is -0.251. The maximum atomic E-state index is 14.5. The smallest absolute Gasteiger partial charge is 0.271 e. The van der Waals surface area contributed by atoms with Crippen LogP contribution in [-0.4, -0.2) is 32.3 Å². The van der Waals surface area contributed by atoms with Gasteiger partial charge in [-0.25, -0.2) is 16.8 Å². The van der Waals surface area contributed by atoms with Crippen LogP contribution in [0.25, 0.3) is 33.3 Å². The van der Waals surface area contributed by atoms with E-state index in [0.717, 1.165) is 15.6 Å². The van der Waals surface area contributed by atoms with Gasteiger partial charge in [0.15, 0.2) is 0 Å². The fourth-order valence-corrected chi connectivity index (χ4v) is 5.43. The first-order valence-corrected chi connectivity index (χ1v) is 11.8. The Balaban J connectivity index is 1.80. The first-order chi connectivity index (χ1) is 16.3. The normalized spacial score (nSPS) is 11.9. The largest absolute Gasteiger partial charge is 0.361 e. The predicted octanol–water partition coefficient (Wildman–Crippen LogP) is 4.73. The first kappa shape index (κ1) is 21.8. The maximum absolute atomic E-state index is 14.5. The van der Waals surface area contributed by atoms with Crippen LogP contribution in [0.1, 0.15) is 11.5 Å². The average Bonchev–Trinajstić information content (AvgIpc) is 3.51. The van der Waals surface area contributed by atoms with Gasteiger partial charge in [0.05, 0.1) is 29.5 Å². The molecule has 5 aromatic rings. The van der Waals surface area contributed by atoms with Crippen molar-refractivity contribution in [2.24, 2.45) is 0 Å². The van der Waals surface area contributed by atoms with Crippen molar-refractivity contribution in [2.45, 2.75) is 25.3 Å². The molecule has 0 aliphatic rings. The molecular weight excluding hydrogens is 457 g/mol. The molecule has 0 amide bonds. The molecule has 0 spiro atoms. The number of hydrogen-bond donors (Lipinski definition) is 0. The summed E-state index contributed by atoms with van der Waals surface area (Å²) < 4.78 is 49.7. The molecule has 34 heavy (non-hydrogen) atoms. The number of pyridine rings is 1. The van der Waals surface area contributed by atoms with E-state index in [-0.39, 0.29) is 0 Å². The number of hydrogen-bond acceptors (Lipinski definition) is 6. The predicted molar refractivity (Wildman–Crippen MR) is 125 cm³/mol. The lowest BCUT2D eigenvalue weighted by molar-refractivity contribution is 0.393. The Labute approximate surface area is 195 Å². The summed E-state index contributed by atoms with van der Waals surface area (Å²) in [5, 5.41) is 8.27. The van der Waals surface area contributed by atoms with Crippen LogP contribution < -0.4 is 0 Å². The lowest BCUT2D eigenvalue weighted by Crippen LogP contribution is -2.13. The Morgan fingerprint density at radius 3 is 2.65 bits per heavy atom. The third kappa shape index (κ3) is 3.43. The van der Waals surface area contributed by atoms with Crippen molar-refractivity contribution in [3.63, 3.8) is 0 Å². The summed E-state index contributed by atoms with van der Waals surface area (Å²) in [7, 11) is -4.27. The second-order valence-electron chi connectivity index (χ2n) is 7.80. The van der Waals surface area contributed by atoms with Crippen molar-refractivity contribution >= 4 is 21.1 Å². The molecule has 0 aliphatic carbocycles. The number of fused-ring (bicyclic) bond motifs is 1. The van der Waals surface area contributed by atoms with Gasteiger partial charge < -0.3 is 4.52 Å². The highest BCUT2D eigenvalue weighted by Crippen LogP contribution is 2.35. The molecule has 0 bridgehead atoms. The van der Waals surface area contributed by atoms with E-state index in [9.17, 15) is 12.8 Å². The zero-order valence-corrected chi connectivity index (χ0v) is 19.3. The van der Waals surface area contributed by atoms with Gasteiger partial charge in [0.2, 0.25) is 0 Å². The molecule has 0 aliphatic heterocycles. The van der Waals surface area contributed by atoms with E-state index in [0.29, 0.717) is 45.7 Å². The number of nitrogens with zero attached hydrogens (tertiary/aromatic N) is 5. The summed E-state index contributed by atoms with van der Waals surface area (Å²) in [6.07, 6.45) is 8.21. The van der Waals surface area contributed by atoms with Crippen LogP contribution >= 0.6 is 0 Å². The molecule has 5 rings (SSSR count). The number of aromatic nitrogens is 5. The van der Waals surface area contributed by atoms with Gasteiger partial charge in [-0.05, 0) is 32.0 Å². The Kier molecular flexibility index (Phi) is 5.17. The van der Waals surface area contributed by atoms with Crippen molar-refractivity contribution in [1.82, 2.24) is 23.9 Å². The van der Waals surface area contributed by atoms with Gasteiger partial charge in [-0.1, -0.05) is 23.4 Å². The SMILES string of the molecule is C=CCn1cc(-c2cn(S(=O)(=O)c3ccccc3F)c3cc(-c4c(C)noc4C)cnc23)cn1. The number of rotatable bonds is 6. The molecule has 0 radical (unpaired) electrons. The van der Waals surface area contributed by atoms with Gasteiger partial charge in [0.1, 0.15) is 16.5 Å². The molecule has 172 valence electrons. The van der Waals surface area contributed by atoms with Gasteiger partial charge in [0, 0.05) is 40.8 Å². The average molecular weight is 478 g/mol. The lowest BCUT2D eigenvalue weighted by Gasteiger charge is -2.09. The van der Waals surface area contributed by atoms with Crippen LogP contribution in [0.15, 0.2) is 77.2 Å². The molecule has 8 nitrogen and oxygen atoms in total. The van der Waals surface area contributed by atoms with E-state index in [2.05, 4.69) is 21.8 Å². The summed E-state index contributed by atoms with van der Waals surface area (Å²) in [5.41, 5.74) is 3.98. The molecule has 0 unspecified atom stereocenters. The monoisotopic (exact) mass is 477 g/mol. The van der Waals surface area contributed by atoms with Crippen molar-refractivity contribution in [2.75, 3.05) is 0 Å². The number of halogens is 1. The van der Waals surface area contributed by atoms with E-state index in [1.807, 2.05) is 0 Å². The summed E-state index contributed by atoms with van der Waals surface area (Å²) in [6, 6.07) is 6.98. The molecule has 0 saturated carbocycles. The van der Waals surface area contributed by atoms with Gasteiger partial charge >= 0.3 is 0 Å². The highest BCUT2D eigenvalue weighted by molar-refractivity contribution is 7.90. The topological polar surface area (TPSA) is 95.8 Å². The molecule has 1 aromatic carbocycles. The van der Waals surface area contributed by atoms with Crippen LogP contribution in [0.3, 0.4) is 0 Å². The quantitative estimate of drug-likeness (QED) is 0.328. The minimum absolute atomic E-state index is 0.298. The van der Waals surface area contributed by atoms with E-state index in [1.165, 1.54) is 24.4 Å². The number of allylic oxidation sites excluding steroid dienone is 1. The van der Waals surface area contributed by atoms with Crippen molar-refractivity contribution in [3.05, 3.63) is 85.0 Å². The summed E-state index contributed by atoms with van der Waals surface area (Å²) in [6.45, 7) is 7.77. The van der Waals surface area contributed by atoms with Gasteiger partial charge in [0.25, 0.3) is 10.0 Å². The summed E-state index contributed by atoms with van der Waals surface area (Å²) >= 11 is 0. The second kappa shape index (κ2) is 8.07. The minimum Gasteiger partial charge on any atom is -0.361 e. The molecule has 0 atom stereocenters. The van der Waals surface area contributed by atoms with E-state index in [4.69, 9.17) is 4.52 Å². The molecule has 0 saturated heterocycles. The zero-order chi connectivity index (χ0) is 24.0. The van der Waals surface area contributed by atoms with Crippen molar-refractivity contribution < 1.29 is 17.3 Å². The van der Waals surface area contributed by atoms with Crippen LogP contribution in [0.5, 0.6) is 0 Å². The Morgan fingerprint density at radius 1 is 1.15 bits per heavy atom. The molecular formula is C24H20FN5O3S. The van der Waals surface area contributed by atoms with E-state index < -0.39 is 20.7 Å². The van der Waals surface area contributed by atoms with E-state index in [1.54, 1.807) is 49.3 Å².